The Hall–Kier alpha value is -0.620. The molecule has 0 saturated carbocycles. The van der Waals surface area contributed by atoms with E-state index in [1.54, 1.807) is 0 Å². The molecule has 0 spiro atoms. The van der Waals surface area contributed by atoms with Crippen molar-refractivity contribution in [1.29, 1.82) is 0 Å². The smallest absolute Gasteiger partial charge is 0.153 e. The lowest BCUT2D eigenvalue weighted by Gasteiger charge is -2.26. The molecule has 18 heavy (non-hydrogen) atoms. The molecule has 1 aliphatic rings. The summed E-state index contributed by atoms with van der Waals surface area (Å²) in [6, 6.07) is 7.11. The number of rotatable bonds is 3. The summed E-state index contributed by atoms with van der Waals surface area (Å²) < 4.78 is 23.1. The van der Waals surface area contributed by atoms with Gasteiger partial charge in [-0.1, -0.05) is 29.8 Å². The van der Waals surface area contributed by atoms with Crippen LogP contribution in [0.5, 0.6) is 0 Å². The maximum absolute atomic E-state index is 11.5. The molecule has 2 atom stereocenters. The number of halogens is 1. The van der Waals surface area contributed by atoms with Crippen LogP contribution in [0.3, 0.4) is 0 Å². The van der Waals surface area contributed by atoms with Crippen molar-refractivity contribution in [2.75, 3.05) is 18.6 Å². The van der Waals surface area contributed by atoms with Gasteiger partial charge in [0.25, 0.3) is 0 Å². The molecule has 1 fully saturated rings. The normalized spacial score (nSPS) is 26.7. The molecule has 1 aromatic carbocycles. The number of nitrogens with two attached hydrogens (primary N) is 1. The molecule has 100 valence electrons. The molecule has 1 aromatic rings. The molecule has 0 amide bonds. The first-order chi connectivity index (χ1) is 8.39. The van der Waals surface area contributed by atoms with Gasteiger partial charge in [0.05, 0.1) is 11.5 Å². The third-order valence-electron chi connectivity index (χ3n) is 3.31. The number of hydrogen-bond acceptors (Lipinski definition) is 4. The van der Waals surface area contributed by atoms with Crippen LogP contribution in [0.1, 0.15) is 5.56 Å². The number of nitrogens with zero attached hydrogens (tertiary/aromatic N) is 1. The first kappa shape index (κ1) is 13.8. The Morgan fingerprint density at radius 1 is 1.39 bits per heavy atom. The van der Waals surface area contributed by atoms with E-state index >= 15 is 0 Å². The van der Waals surface area contributed by atoms with Crippen molar-refractivity contribution in [3.63, 3.8) is 0 Å². The Labute approximate surface area is 113 Å². The third-order valence-corrected chi connectivity index (χ3v) is 5.42. The zero-order valence-electron chi connectivity index (χ0n) is 10.2. The Kier molecular flexibility index (Phi) is 3.96. The molecule has 1 saturated heterocycles. The van der Waals surface area contributed by atoms with Gasteiger partial charge in [-0.05, 0) is 18.7 Å². The minimum atomic E-state index is -2.99. The standard InChI is InChI=1S/C12H17ClN2O2S/c1-15(6-9-4-2-3-5-10(9)13)12-8-18(16,17)7-11(12)14/h2-5,11-12H,6-8,14H2,1H3. The maximum atomic E-state index is 11.5. The number of likely N-dealkylation sites (N-methyl/N-ethyl adjacent to an activating group) is 1. The highest BCUT2D eigenvalue weighted by molar-refractivity contribution is 7.91. The maximum Gasteiger partial charge on any atom is 0.153 e. The SMILES string of the molecule is CN(Cc1ccccc1Cl)C1CS(=O)(=O)CC1N. The van der Waals surface area contributed by atoms with Gasteiger partial charge >= 0.3 is 0 Å². The summed E-state index contributed by atoms with van der Waals surface area (Å²) in [7, 11) is -1.11. The van der Waals surface area contributed by atoms with Crippen LogP contribution in [-0.4, -0.2) is 44.0 Å². The van der Waals surface area contributed by atoms with E-state index < -0.39 is 9.84 Å². The van der Waals surface area contributed by atoms with Crippen molar-refractivity contribution in [3.8, 4) is 0 Å². The van der Waals surface area contributed by atoms with E-state index in [0.717, 1.165) is 5.56 Å². The quantitative estimate of drug-likeness (QED) is 0.897. The van der Waals surface area contributed by atoms with Crippen LogP contribution in [0.25, 0.3) is 0 Å². The Bertz CT molecular complexity index is 533. The molecule has 0 radical (unpaired) electrons. The Morgan fingerprint density at radius 2 is 2.06 bits per heavy atom. The highest BCUT2D eigenvalue weighted by Crippen LogP contribution is 2.21. The average Bonchev–Trinajstić information content (AvgIpc) is 2.55. The Balaban J connectivity index is 2.09. The average molecular weight is 289 g/mol. The summed E-state index contributed by atoms with van der Waals surface area (Å²) in [5, 5.41) is 0.693. The van der Waals surface area contributed by atoms with Gasteiger partial charge in [0.15, 0.2) is 9.84 Å². The van der Waals surface area contributed by atoms with Crippen molar-refractivity contribution in [2.45, 2.75) is 18.6 Å². The third kappa shape index (κ3) is 3.03. The summed E-state index contributed by atoms with van der Waals surface area (Å²) in [6.45, 7) is 0.605. The lowest BCUT2D eigenvalue weighted by Crippen LogP contribution is -2.44. The second kappa shape index (κ2) is 5.17. The van der Waals surface area contributed by atoms with Crippen LogP contribution < -0.4 is 5.73 Å². The minimum absolute atomic E-state index is 0.0739. The van der Waals surface area contributed by atoms with Gasteiger partial charge in [-0.15, -0.1) is 0 Å². The first-order valence-electron chi connectivity index (χ1n) is 5.79. The van der Waals surface area contributed by atoms with Crippen molar-refractivity contribution in [3.05, 3.63) is 34.9 Å². The lowest BCUT2D eigenvalue weighted by molar-refractivity contribution is 0.236. The molecule has 4 nitrogen and oxygen atoms in total. The zero-order chi connectivity index (χ0) is 13.3. The molecule has 1 heterocycles. The molecule has 2 rings (SSSR count). The highest BCUT2D eigenvalue weighted by Gasteiger charge is 2.37. The van der Waals surface area contributed by atoms with E-state index in [4.69, 9.17) is 17.3 Å². The Morgan fingerprint density at radius 3 is 2.61 bits per heavy atom. The predicted molar refractivity (Wildman–Crippen MR) is 73.3 cm³/mol. The zero-order valence-corrected chi connectivity index (χ0v) is 11.8. The van der Waals surface area contributed by atoms with Gasteiger partial charge in [0, 0.05) is 23.7 Å². The summed E-state index contributed by atoms with van der Waals surface area (Å²) in [4.78, 5) is 1.97. The molecule has 6 heteroatoms. The van der Waals surface area contributed by atoms with E-state index in [2.05, 4.69) is 0 Å². The minimum Gasteiger partial charge on any atom is -0.325 e. The van der Waals surface area contributed by atoms with Crippen molar-refractivity contribution in [2.24, 2.45) is 5.73 Å². The molecule has 0 bridgehead atoms. The van der Waals surface area contributed by atoms with Gasteiger partial charge in [0.2, 0.25) is 0 Å². The van der Waals surface area contributed by atoms with E-state index in [0.29, 0.717) is 11.6 Å². The van der Waals surface area contributed by atoms with Crippen LogP contribution >= 0.6 is 11.6 Å². The van der Waals surface area contributed by atoms with Gasteiger partial charge in [-0.25, -0.2) is 8.42 Å². The van der Waals surface area contributed by atoms with Crippen LogP contribution in [0.4, 0.5) is 0 Å². The summed E-state index contributed by atoms with van der Waals surface area (Å²) in [5.41, 5.74) is 6.88. The van der Waals surface area contributed by atoms with E-state index in [9.17, 15) is 8.42 Å². The number of benzene rings is 1. The summed E-state index contributed by atoms with van der Waals surface area (Å²) in [6.07, 6.45) is 0. The van der Waals surface area contributed by atoms with E-state index in [1.165, 1.54) is 0 Å². The van der Waals surface area contributed by atoms with Gasteiger partial charge in [-0.3, -0.25) is 4.90 Å². The lowest BCUT2D eigenvalue weighted by atomic mass is 10.1. The fourth-order valence-electron chi connectivity index (χ4n) is 2.32. The number of hydrogen-bond donors (Lipinski definition) is 1. The monoisotopic (exact) mass is 288 g/mol. The second-order valence-electron chi connectivity index (χ2n) is 4.81. The van der Waals surface area contributed by atoms with Crippen LogP contribution in [0.15, 0.2) is 24.3 Å². The van der Waals surface area contributed by atoms with Crippen LogP contribution in [-0.2, 0) is 16.4 Å². The molecule has 0 aromatic heterocycles. The molecule has 1 aliphatic heterocycles. The molecule has 2 unspecified atom stereocenters. The molecular weight excluding hydrogens is 272 g/mol. The fraction of sp³-hybridized carbons (Fsp3) is 0.500. The second-order valence-corrected chi connectivity index (χ2v) is 7.38. The van der Waals surface area contributed by atoms with Gasteiger partial charge < -0.3 is 5.73 Å². The summed E-state index contributed by atoms with van der Waals surface area (Å²) in [5.74, 6) is 0.208. The molecule has 2 N–H and O–H groups in total. The van der Waals surface area contributed by atoms with E-state index in [1.807, 2.05) is 36.2 Å². The van der Waals surface area contributed by atoms with Gasteiger partial charge in [-0.2, -0.15) is 0 Å². The van der Waals surface area contributed by atoms with Crippen molar-refractivity contribution >= 4 is 21.4 Å². The van der Waals surface area contributed by atoms with Crippen molar-refractivity contribution < 1.29 is 8.42 Å². The highest BCUT2D eigenvalue weighted by atomic mass is 35.5. The van der Waals surface area contributed by atoms with Gasteiger partial charge in [0.1, 0.15) is 0 Å². The topological polar surface area (TPSA) is 63.4 Å². The van der Waals surface area contributed by atoms with Crippen molar-refractivity contribution in [1.82, 2.24) is 4.90 Å². The molecular formula is C12H17ClN2O2S. The number of sulfone groups is 1. The van der Waals surface area contributed by atoms with E-state index in [-0.39, 0.29) is 23.6 Å². The first-order valence-corrected chi connectivity index (χ1v) is 7.98. The predicted octanol–water partition coefficient (Wildman–Crippen LogP) is 0.896. The largest absolute Gasteiger partial charge is 0.325 e. The van der Waals surface area contributed by atoms with Crippen LogP contribution in [0.2, 0.25) is 5.02 Å². The summed E-state index contributed by atoms with van der Waals surface area (Å²) >= 11 is 6.09. The fourth-order valence-corrected chi connectivity index (χ4v) is 4.48. The van der Waals surface area contributed by atoms with Crippen LogP contribution in [0, 0.1) is 0 Å². The molecule has 0 aliphatic carbocycles.